The van der Waals surface area contributed by atoms with Crippen LogP contribution < -0.4 is 5.32 Å². The van der Waals surface area contributed by atoms with Gasteiger partial charge in [-0.05, 0) is 49.4 Å². The van der Waals surface area contributed by atoms with E-state index in [0.717, 1.165) is 5.56 Å². The van der Waals surface area contributed by atoms with Crippen molar-refractivity contribution in [3.05, 3.63) is 65.7 Å². The molecular formula is C24H29N3O3. The lowest BCUT2D eigenvalue weighted by atomic mass is 10.1. The summed E-state index contributed by atoms with van der Waals surface area (Å²) in [6.07, 6.45) is 2.34. The van der Waals surface area contributed by atoms with Gasteiger partial charge < -0.3 is 19.9 Å². The third-order valence-electron chi connectivity index (χ3n) is 5.91. The first-order valence-corrected chi connectivity index (χ1v) is 10.7. The number of nitrogens with one attached hydrogen (secondary N) is 1. The Hall–Kier alpha value is -2.86. The molecule has 1 aliphatic heterocycles. The minimum absolute atomic E-state index is 0.0260. The summed E-state index contributed by atoms with van der Waals surface area (Å²) >= 11 is 0. The molecule has 158 valence electrons. The number of urea groups is 1. The minimum Gasteiger partial charge on any atom is -0.378 e. The summed E-state index contributed by atoms with van der Waals surface area (Å²) in [6.45, 7) is 5.01. The number of carbonyl (C=O) groups excluding carboxylic acids is 2. The predicted molar refractivity (Wildman–Crippen MR) is 116 cm³/mol. The average Bonchev–Trinajstić information content (AvgIpc) is 3.63. The largest absolute Gasteiger partial charge is 0.378 e. The fourth-order valence-corrected chi connectivity index (χ4v) is 3.89. The van der Waals surface area contributed by atoms with E-state index in [2.05, 4.69) is 12.2 Å². The molecule has 4 rings (SSSR count). The number of nitrogens with zero attached hydrogens (tertiary/aromatic N) is 2. The van der Waals surface area contributed by atoms with Crippen molar-refractivity contribution in [1.29, 1.82) is 0 Å². The SMILES string of the molecule is CC(C1CC1)N(Cc1ccccc1)C(=O)Nc1cccc(C(=O)N2CCOCC2)c1. The number of morpholine rings is 1. The molecule has 0 bridgehead atoms. The van der Waals surface area contributed by atoms with Crippen LogP contribution in [0.25, 0.3) is 0 Å². The molecule has 2 aromatic rings. The number of hydrogen-bond acceptors (Lipinski definition) is 3. The van der Waals surface area contributed by atoms with Crippen molar-refractivity contribution >= 4 is 17.6 Å². The summed E-state index contributed by atoms with van der Waals surface area (Å²) in [5.74, 6) is 0.538. The van der Waals surface area contributed by atoms with Crippen LogP contribution in [0.4, 0.5) is 10.5 Å². The molecule has 0 aromatic heterocycles. The van der Waals surface area contributed by atoms with Crippen LogP contribution in [-0.2, 0) is 11.3 Å². The lowest BCUT2D eigenvalue weighted by Gasteiger charge is -2.30. The zero-order valence-electron chi connectivity index (χ0n) is 17.4. The lowest BCUT2D eigenvalue weighted by molar-refractivity contribution is 0.0303. The minimum atomic E-state index is -0.130. The fourth-order valence-electron chi connectivity index (χ4n) is 3.89. The number of rotatable bonds is 6. The molecule has 6 heteroatoms. The van der Waals surface area contributed by atoms with Gasteiger partial charge in [0.25, 0.3) is 5.91 Å². The Balaban J connectivity index is 1.47. The molecule has 1 aliphatic carbocycles. The van der Waals surface area contributed by atoms with E-state index in [4.69, 9.17) is 4.74 Å². The summed E-state index contributed by atoms with van der Waals surface area (Å²) in [4.78, 5) is 29.6. The van der Waals surface area contributed by atoms with Gasteiger partial charge in [0.1, 0.15) is 0 Å². The van der Waals surface area contributed by atoms with Crippen LogP contribution in [0.1, 0.15) is 35.7 Å². The summed E-state index contributed by atoms with van der Waals surface area (Å²) in [6, 6.07) is 17.3. The molecule has 1 saturated heterocycles. The maximum Gasteiger partial charge on any atom is 0.322 e. The third kappa shape index (κ3) is 5.00. The van der Waals surface area contributed by atoms with Crippen molar-refractivity contribution < 1.29 is 14.3 Å². The highest BCUT2D eigenvalue weighted by Gasteiger charge is 2.34. The second-order valence-corrected chi connectivity index (χ2v) is 8.11. The number of anilines is 1. The summed E-state index contributed by atoms with van der Waals surface area (Å²) in [5.41, 5.74) is 2.33. The Morgan fingerprint density at radius 1 is 1.10 bits per heavy atom. The Labute approximate surface area is 177 Å². The summed E-state index contributed by atoms with van der Waals surface area (Å²) in [5, 5.41) is 3.02. The van der Waals surface area contributed by atoms with Gasteiger partial charge in [-0.25, -0.2) is 4.79 Å². The van der Waals surface area contributed by atoms with Gasteiger partial charge in [0.2, 0.25) is 0 Å². The molecule has 2 aromatic carbocycles. The zero-order valence-corrected chi connectivity index (χ0v) is 17.4. The highest BCUT2D eigenvalue weighted by Crippen LogP contribution is 2.36. The topological polar surface area (TPSA) is 61.9 Å². The molecular weight excluding hydrogens is 378 g/mol. The van der Waals surface area contributed by atoms with Crippen molar-refractivity contribution in [3.8, 4) is 0 Å². The van der Waals surface area contributed by atoms with Crippen molar-refractivity contribution in [2.45, 2.75) is 32.4 Å². The maximum absolute atomic E-state index is 13.2. The molecule has 1 atom stereocenters. The Kier molecular flexibility index (Phi) is 6.33. The molecule has 1 N–H and O–H groups in total. The van der Waals surface area contributed by atoms with E-state index < -0.39 is 0 Å². The molecule has 0 radical (unpaired) electrons. The lowest BCUT2D eigenvalue weighted by Crippen LogP contribution is -2.42. The van der Waals surface area contributed by atoms with E-state index in [1.807, 2.05) is 47.4 Å². The van der Waals surface area contributed by atoms with Gasteiger partial charge in [0.15, 0.2) is 0 Å². The van der Waals surface area contributed by atoms with Gasteiger partial charge in [-0.2, -0.15) is 0 Å². The molecule has 2 aliphatic rings. The zero-order chi connectivity index (χ0) is 20.9. The molecule has 1 unspecified atom stereocenters. The molecule has 2 fully saturated rings. The monoisotopic (exact) mass is 407 g/mol. The van der Waals surface area contributed by atoms with Crippen molar-refractivity contribution in [1.82, 2.24) is 9.80 Å². The van der Waals surface area contributed by atoms with E-state index >= 15 is 0 Å². The first-order valence-electron chi connectivity index (χ1n) is 10.7. The van der Waals surface area contributed by atoms with Crippen molar-refractivity contribution in [2.75, 3.05) is 31.6 Å². The number of hydrogen-bond donors (Lipinski definition) is 1. The smallest absolute Gasteiger partial charge is 0.322 e. The van der Waals surface area contributed by atoms with Gasteiger partial charge in [-0.3, -0.25) is 4.79 Å². The van der Waals surface area contributed by atoms with Gasteiger partial charge in [-0.15, -0.1) is 0 Å². The maximum atomic E-state index is 13.2. The van der Waals surface area contributed by atoms with Crippen LogP contribution in [0.3, 0.4) is 0 Å². The number of carbonyl (C=O) groups is 2. The van der Waals surface area contributed by atoms with Crippen LogP contribution in [0, 0.1) is 5.92 Å². The highest BCUT2D eigenvalue weighted by molar-refractivity contribution is 5.97. The van der Waals surface area contributed by atoms with Gasteiger partial charge in [0.05, 0.1) is 13.2 Å². The normalized spacial score (nSPS) is 17.3. The van der Waals surface area contributed by atoms with Crippen molar-refractivity contribution in [2.24, 2.45) is 5.92 Å². The van der Waals surface area contributed by atoms with E-state index in [1.54, 1.807) is 17.0 Å². The van der Waals surface area contributed by atoms with Gasteiger partial charge >= 0.3 is 6.03 Å². The van der Waals surface area contributed by atoms with E-state index in [0.29, 0.717) is 50.0 Å². The summed E-state index contributed by atoms with van der Waals surface area (Å²) in [7, 11) is 0. The first-order chi connectivity index (χ1) is 14.6. The molecule has 30 heavy (non-hydrogen) atoms. The van der Waals surface area contributed by atoms with Crippen LogP contribution >= 0.6 is 0 Å². The van der Waals surface area contributed by atoms with Crippen LogP contribution in [0.15, 0.2) is 54.6 Å². The van der Waals surface area contributed by atoms with Gasteiger partial charge in [0, 0.05) is 36.9 Å². The van der Waals surface area contributed by atoms with Crippen LogP contribution in [0.2, 0.25) is 0 Å². The standard InChI is InChI=1S/C24H29N3O3/c1-18(20-10-11-20)27(17-19-6-3-2-4-7-19)24(29)25-22-9-5-8-21(16-22)23(28)26-12-14-30-15-13-26/h2-9,16,18,20H,10-15,17H2,1H3,(H,25,29). The van der Waals surface area contributed by atoms with E-state index in [1.165, 1.54) is 12.8 Å². The Morgan fingerprint density at radius 2 is 1.83 bits per heavy atom. The third-order valence-corrected chi connectivity index (χ3v) is 5.91. The first kappa shape index (κ1) is 20.4. The Bertz CT molecular complexity index is 876. The average molecular weight is 408 g/mol. The second-order valence-electron chi connectivity index (χ2n) is 8.11. The van der Waals surface area contributed by atoms with Gasteiger partial charge in [-0.1, -0.05) is 36.4 Å². The quantitative estimate of drug-likeness (QED) is 0.788. The summed E-state index contributed by atoms with van der Waals surface area (Å²) < 4.78 is 5.33. The number of amides is 3. The molecule has 1 heterocycles. The highest BCUT2D eigenvalue weighted by atomic mass is 16.5. The van der Waals surface area contributed by atoms with E-state index in [9.17, 15) is 9.59 Å². The van der Waals surface area contributed by atoms with E-state index in [-0.39, 0.29) is 18.0 Å². The second kappa shape index (κ2) is 9.30. The van der Waals surface area contributed by atoms with Crippen LogP contribution in [-0.4, -0.2) is 54.1 Å². The van der Waals surface area contributed by atoms with Crippen molar-refractivity contribution in [3.63, 3.8) is 0 Å². The number of benzene rings is 2. The molecule has 3 amide bonds. The molecule has 6 nitrogen and oxygen atoms in total. The predicted octanol–water partition coefficient (Wildman–Crippen LogP) is 3.99. The number of ether oxygens (including phenoxy) is 1. The molecule has 0 spiro atoms. The fraction of sp³-hybridized carbons (Fsp3) is 0.417. The van der Waals surface area contributed by atoms with Crippen LogP contribution in [0.5, 0.6) is 0 Å². The molecule has 1 saturated carbocycles. The Morgan fingerprint density at radius 3 is 2.53 bits per heavy atom.